The summed E-state index contributed by atoms with van der Waals surface area (Å²) in [6.07, 6.45) is 40.0. The normalized spacial score (nSPS) is 23.0. The highest BCUT2D eigenvalue weighted by molar-refractivity contribution is 5.76. The quantitative estimate of drug-likeness (QED) is 0.0743. The van der Waals surface area contributed by atoms with Crippen LogP contribution in [0.25, 0.3) is 0 Å². The second-order valence-electron chi connectivity index (χ2n) is 21.7. The highest BCUT2D eigenvalue weighted by Gasteiger charge is 2.19. The number of nitrogens with zero attached hydrogens (tertiary/aromatic N) is 2. The number of amides is 1. The minimum absolute atomic E-state index is 0.0865. The lowest BCUT2D eigenvalue weighted by molar-refractivity contribution is -0.146. The molecular formula is C60H110N2O9. The summed E-state index contributed by atoms with van der Waals surface area (Å²) in [6.45, 7) is 12.4. The molecule has 0 N–H and O–H groups in total. The first kappa shape index (κ1) is 64.4. The average molecular weight is 1000 g/mol. The molecule has 2 fully saturated rings. The van der Waals surface area contributed by atoms with E-state index in [1.54, 1.807) is 0 Å². The predicted molar refractivity (Wildman–Crippen MR) is 289 cm³/mol. The van der Waals surface area contributed by atoms with E-state index in [4.69, 9.17) is 18.9 Å². The second kappa shape index (κ2) is 45.9. The van der Waals surface area contributed by atoms with Crippen molar-refractivity contribution in [3.05, 3.63) is 0 Å². The molecule has 11 nitrogen and oxygen atoms in total. The van der Waals surface area contributed by atoms with E-state index in [1.165, 1.54) is 141 Å². The number of hydrogen-bond donors (Lipinski definition) is 0. The van der Waals surface area contributed by atoms with Crippen LogP contribution < -0.4 is 0 Å². The Hall–Kier alpha value is -2.69. The van der Waals surface area contributed by atoms with Crippen LogP contribution >= 0.6 is 0 Å². The van der Waals surface area contributed by atoms with E-state index in [-0.39, 0.29) is 43.0 Å². The van der Waals surface area contributed by atoms with Gasteiger partial charge in [0.05, 0.1) is 26.4 Å². The van der Waals surface area contributed by atoms with Crippen LogP contribution in [0.1, 0.15) is 278 Å². The van der Waals surface area contributed by atoms with Gasteiger partial charge in [-0.1, -0.05) is 162 Å². The molecule has 0 aliphatic carbocycles. The lowest BCUT2D eigenvalue weighted by atomic mass is 9.88. The van der Waals surface area contributed by atoms with Crippen molar-refractivity contribution in [1.29, 1.82) is 0 Å². The van der Waals surface area contributed by atoms with Crippen molar-refractivity contribution in [1.82, 2.24) is 9.80 Å². The molecule has 2 aliphatic rings. The molecule has 0 radical (unpaired) electrons. The van der Waals surface area contributed by atoms with Gasteiger partial charge in [-0.25, -0.2) is 0 Å². The van der Waals surface area contributed by atoms with Crippen molar-refractivity contribution in [3.63, 3.8) is 0 Å². The number of cyclic esters (lactones) is 4. The van der Waals surface area contributed by atoms with Crippen LogP contribution in [-0.4, -0.2) is 98.7 Å². The summed E-state index contributed by atoms with van der Waals surface area (Å²) in [5.41, 5.74) is 0. The molecule has 3 atom stereocenters. The fourth-order valence-electron chi connectivity index (χ4n) is 10.6. The fraction of sp³-hybridized carbons (Fsp3) is 0.917. The van der Waals surface area contributed by atoms with Crippen molar-refractivity contribution < 1.29 is 42.9 Å². The molecule has 3 unspecified atom stereocenters. The maximum atomic E-state index is 13.4. The lowest BCUT2D eigenvalue weighted by Crippen LogP contribution is -2.35. The minimum atomic E-state index is -0.248. The van der Waals surface area contributed by atoms with Crippen LogP contribution in [0.5, 0.6) is 0 Å². The first-order valence-electron chi connectivity index (χ1n) is 30.4. The third-order valence-corrected chi connectivity index (χ3v) is 15.1. The zero-order chi connectivity index (χ0) is 51.3. The Bertz CT molecular complexity index is 1320. The molecule has 414 valence electrons. The van der Waals surface area contributed by atoms with Gasteiger partial charge in [0.25, 0.3) is 0 Å². The second-order valence-corrected chi connectivity index (χ2v) is 21.7. The number of piperidine rings is 1. The number of unbranched alkanes of at least 4 members (excludes halogenated alkanes) is 8. The van der Waals surface area contributed by atoms with E-state index in [0.29, 0.717) is 109 Å². The number of likely N-dealkylation sites (tertiary alicyclic amines) is 1. The molecule has 0 bridgehead atoms. The maximum Gasteiger partial charge on any atom is 0.305 e. The number of rotatable bonds is 18. The first-order valence-corrected chi connectivity index (χ1v) is 30.4. The number of esters is 4. The average Bonchev–Trinajstić information content (AvgIpc) is 3.36. The van der Waals surface area contributed by atoms with E-state index >= 15 is 0 Å². The molecule has 0 spiro atoms. The fourth-order valence-corrected chi connectivity index (χ4v) is 10.6. The highest BCUT2D eigenvalue weighted by Crippen LogP contribution is 2.26. The smallest absolute Gasteiger partial charge is 0.305 e. The van der Waals surface area contributed by atoms with Gasteiger partial charge in [-0.3, -0.25) is 24.0 Å². The van der Waals surface area contributed by atoms with Gasteiger partial charge < -0.3 is 28.7 Å². The molecule has 0 aromatic rings. The standard InChI is InChI=1S/C60H110N2O9/c1-4-7-9-11-12-18-36-54-37-20-13-19-33-53(32-6-3)34-25-26-38-55(35-17-10-8-5-2)52-71-60(67)43-24-15-22-41-58(65)69-50-31-48-62(56(63)39-29-46-61-44-27-16-28-45-61)47-30-49-68-57(64)40-21-14-23-42-59(66)70-51-54/h53-55H,4-52H2,1-3H3. The third kappa shape index (κ3) is 37.7. The summed E-state index contributed by atoms with van der Waals surface area (Å²) >= 11 is 0. The SMILES string of the molecule is CCCCCCCCC1CCCCCC(CCC)CCCCC(CCCCCC)COC(=O)CCCCCC(=O)OCCCN(C(=O)CCCN2CCCCC2)CCCOC(=O)CCCCCC(=O)OC1. The number of hydrogen-bond acceptors (Lipinski definition) is 10. The Kier molecular flexibility index (Phi) is 41.6. The van der Waals surface area contributed by atoms with E-state index in [2.05, 4.69) is 25.7 Å². The third-order valence-electron chi connectivity index (χ3n) is 15.1. The van der Waals surface area contributed by atoms with Crippen LogP contribution in [-0.2, 0) is 42.9 Å². The lowest BCUT2D eigenvalue weighted by Gasteiger charge is -2.27. The Balaban J connectivity index is 1.98. The minimum Gasteiger partial charge on any atom is -0.466 e. The molecule has 0 aromatic heterocycles. The number of carbonyl (C=O) groups excluding carboxylic acids is 5. The molecule has 1 amide bonds. The van der Waals surface area contributed by atoms with Gasteiger partial charge in [0.2, 0.25) is 5.91 Å². The molecule has 2 rings (SSSR count). The molecule has 71 heavy (non-hydrogen) atoms. The van der Waals surface area contributed by atoms with Gasteiger partial charge in [-0.05, 0) is 121 Å². The van der Waals surface area contributed by atoms with E-state index in [1.807, 2.05) is 4.90 Å². The largest absolute Gasteiger partial charge is 0.466 e. The van der Waals surface area contributed by atoms with Gasteiger partial charge in [0.1, 0.15) is 0 Å². The Morgan fingerprint density at radius 3 is 1.31 bits per heavy atom. The molecule has 0 aromatic carbocycles. The predicted octanol–water partition coefficient (Wildman–Crippen LogP) is 14.8. The van der Waals surface area contributed by atoms with Crippen LogP contribution in [0, 0.1) is 17.8 Å². The summed E-state index contributed by atoms with van der Waals surface area (Å²) in [6, 6.07) is 0. The van der Waals surface area contributed by atoms with E-state index in [0.717, 1.165) is 70.5 Å². The maximum absolute atomic E-state index is 13.4. The Morgan fingerprint density at radius 1 is 0.408 bits per heavy atom. The monoisotopic (exact) mass is 1000 g/mol. The van der Waals surface area contributed by atoms with Crippen LogP contribution in [0.2, 0.25) is 0 Å². The zero-order valence-corrected chi connectivity index (χ0v) is 46.4. The van der Waals surface area contributed by atoms with Gasteiger partial charge in [0, 0.05) is 45.2 Å². The molecule has 2 saturated heterocycles. The highest BCUT2D eigenvalue weighted by atomic mass is 16.5. The summed E-state index contributed by atoms with van der Waals surface area (Å²) in [5.74, 6) is 0.955. The van der Waals surface area contributed by atoms with Crippen molar-refractivity contribution in [3.8, 4) is 0 Å². The van der Waals surface area contributed by atoms with Crippen LogP contribution in [0.15, 0.2) is 0 Å². The molecule has 2 heterocycles. The number of carbonyl (C=O) groups is 5. The van der Waals surface area contributed by atoms with E-state index < -0.39 is 0 Å². The molecular weight excluding hydrogens is 893 g/mol. The molecule has 2 aliphatic heterocycles. The van der Waals surface area contributed by atoms with Gasteiger partial charge in [0.15, 0.2) is 0 Å². The topological polar surface area (TPSA) is 129 Å². The van der Waals surface area contributed by atoms with Crippen molar-refractivity contribution in [2.24, 2.45) is 17.8 Å². The van der Waals surface area contributed by atoms with Crippen LogP contribution in [0.4, 0.5) is 0 Å². The van der Waals surface area contributed by atoms with Gasteiger partial charge in [-0.15, -0.1) is 0 Å². The van der Waals surface area contributed by atoms with Crippen LogP contribution in [0.3, 0.4) is 0 Å². The first-order chi connectivity index (χ1) is 34.7. The summed E-state index contributed by atoms with van der Waals surface area (Å²) in [7, 11) is 0. The van der Waals surface area contributed by atoms with E-state index in [9.17, 15) is 24.0 Å². The summed E-state index contributed by atoms with van der Waals surface area (Å²) in [5, 5.41) is 0. The Morgan fingerprint density at radius 2 is 0.817 bits per heavy atom. The van der Waals surface area contributed by atoms with Crippen molar-refractivity contribution in [2.45, 2.75) is 278 Å². The molecule has 11 heteroatoms. The molecule has 0 saturated carbocycles. The van der Waals surface area contributed by atoms with Gasteiger partial charge in [-0.2, -0.15) is 0 Å². The van der Waals surface area contributed by atoms with Crippen molar-refractivity contribution in [2.75, 3.05) is 59.2 Å². The van der Waals surface area contributed by atoms with Crippen molar-refractivity contribution >= 4 is 29.8 Å². The number of ether oxygens (including phenoxy) is 4. The van der Waals surface area contributed by atoms with Gasteiger partial charge >= 0.3 is 23.9 Å². The Labute approximate surface area is 435 Å². The zero-order valence-electron chi connectivity index (χ0n) is 46.4. The summed E-state index contributed by atoms with van der Waals surface area (Å²) < 4.78 is 22.9. The summed E-state index contributed by atoms with van der Waals surface area (Å²) in [4.78, 5) is 68.6.